The van der Waals surface area contributed by atoms with Crippen molar-refractivity contribution in [1.82, 2.24) is 9.80 Å². The molecule has 2 saturated heterocycles. The lowest BCUT2D eigenvalue weighted by molar-refractivity contribution is 0.0356. The van der Waals surface area contributed by atoms with Gasteiger partial charge in [-0.15, -0.1) is 0 Å². The number of ether oxygens (including phenoxy) is 3. The Morgan fingerprint density at radius 1 is 0.878 bits per heavy atom. The summed E-state index contributed by atoms with van der Waals surface area (Å²) in [6, 6.07) is 23.2. The number of hydrogen-bond acceptors (Lipinski definition) is 5. The van der Waals surface area contributed by atoms with Gasteiger partial charge in [0.15, 0.2) is 11.5 Å². The minimum atomic E-state index is 0.159. The molecular weight excluding hydrogens is 512 g/mol. The molecule has 2 bridgehead atoms. The Bertz CT molecular complexity index is 1310. The number of rotatable bonds is 11. The largest absolute Gasteiger partial charge is 0.493 e. The third kappa shape index (κ3) is 6.70. The maximum Gasteiger partial charge on any atom is 0.254 e. The maximum atomic E-state index is 13.6. The van der Waals surface area contributed by atoms with Crippen molar-refractivity contribution in [2.24, 2.45) is 0 Å². The Morgan fingerprint density at radius 2 is 1.54 bits per heavy atom. The first-order chi connectivity index (χ1) is 19.9. The van der Waals surface area contributed by atoms with E-state index in [0.29, 0.717) is 5.92 Å². The second-order valence-corrected chi connectivity index (χ2v) is 11.9. The fraction of sp³-hybridized carbons (Fsp3) is 0.457. The van der Waals surface area contributed by atoms with E-state index in [2.05, 4.69) is 67.1 Å². The SMILES string of the molecule is COc1ccc(CCN(C)Cc2ccc(C(=O)N3C4CCC3CC(Oc3ccccc3C(C)C)C4)cc2)cc1OC. The van der Waals surface area contributed by atoms with Crippen LogP contribution in [0.15, 0.2) is 66.7 Å². The Kier molecular flexibility index (Phi) is 9.19. The summed E-state index contributed by atoms with van der Waals surface area (Å²) in [6.45, 7) is 6.15. The van der Waals surface area contributed by atoms with Crippen molar-refractivity contribution in [2.45, 2.75) is 76.6 Å². The predicted molar refractivity (Wildman–Crippen MR) is 163 cm³/mol. The van der Waals surface area contributed by atoms with Gasteiger partial charge in [-0.3, -0.25) is 4.79 Å². The maximum absolute atomic E-state index is 13.6. The van der Waals surface area contributed by atoms with E-state index >= 15 is 0 Å². The summed E-state index contributed by atoms with van der Waals surface area (Å²) in [5.74, 6) is 3.08. The molecule has 0 aliphatic carbocycles. The van der Waals surface area contributed by atoms with Gasteiger partial charge in [-0.1, -0.05) is 50.2 Å². The van der Waals surface area contributed by atoms with Gasteiger partial charge in [0.05, 0.1) is 14.2 Å². The van der Waals surface area contributed by atoms with E-state index in [4.69, 9.17) is 14.2 Å². The number of carbonyl (C=O) groups excluding carboxylic acids is 1. The van der Waals surface area contributed by atoms with E-state index in [1.807, 2.05) is 30.3 Å². The lowest BCUT2D eigenvalue weighted by Crippen LogP contribution is -2.49. The van der Waals surface area contributed by atoms with Crippen LogP contribution in [0.1, 0.15) is 72.5 Å². The summed E-state index contributed by atoms with van der Waals surface area (Å²) in [6.07, 6.45) is 5.00. The molecule has 41 heavy (non-hydrogen) atoms. The molecule has 0 N–H and O–H groups in total. The summed E-state index contributed by atoms with van der Waals surface area (Å²) in [7, 11) is 5.45. The van der Waals surface area contributed by atoms with Crippen LogP contribution in [0.4, 0.5) is 0 Å². The first-order valence-corrected chi connectivity index (χ1v) is 14.9. The standard InChI is InChI=1S/C35H44N2O4/c1-24(2)31-8-6-7-9-32(31)41-30-21-28-15-16-29(22-30)37(28)35(38)27-13-10-26(11-14-27)23-36(3)19-18-25-12-17-33(39-4)34(20-25)40-5/h6-14,17,20,24,28-30H,15-16,18-19,21-23H2,1-5H3. The third-order valence-corrected chi connectivity index (χ3v) is 8.64. The Balaban J connectivity index is 1.15. The van der Waals surface area contributed by atoms with Gasteiger partial charge in [0.25, 0.3) is 5.91 Å². The molecule has 2 unspecified atom stereocenters. The fourth-order valence-corrected chi connectivity index (χ4v) is 6.45. The quantitative estimate of drug-likeness (QED) is 0.263. The van der Waals surface area contributed by atoms with Gasteiger partial charge >= 0.3 is 0 Å². The molecular formula is C35H44N2O4. The molecule has 6 nitrogen and oxygen atoms in total. The van der Waals surface area contributed by atoms with Crippen LogP contribution >= 0.6 is 0 Å². The first kappa shape index (κ1) is 29.0. The number of fused-ring (bicyclic) bond motifs is 2. The van der Waals surface area contributed by atoms with E-state index in [0.717, 1.165) is 68.0 Å². The van der Waals surface area contributed by atoms with Crippen LogP contribution in [-0.2, 0) is 13.0 Å². The number of carbonyl (C=O) groups is 1. The van der Waals surface area contributed by atoms with Crippen molar-refractivity contribution >= 4 is 5.91 Å². The Hall–Kier alpha value is -3.51. The summed E-state index contributed by atoms with van der Waals surface area (Å²) in [5, 5.41) is 0. The first-order valence-electron chi connectivity index (χ1n) is 14.9. The highest BCUT2D eigenvalue weighted by molar-refractivity contribution is 5.95. The molecule has 0 spiro atoms. The molecule has 6 heteroatoms. The molecule has 5 rings (SSSR count). The summed E-state index contributed by atoms with van der Waals surface area (Å²) >= 11 is 0. The van der Waals surface area contributed by atoms with Crippen molar-refractivity contribution in [1.29, 1.82) is 0 Å². The molecule has 0 saturated carbocycles. The van der Waals surface area contributed by atoms with E-state index in [9.17, 15) is 4.79 Å². The molecule has 218 valence electrons. The van der Waals surface area contributed by atoms with E-state index in [1.165, 1.54) is 16.7 Å². The number of amides is 1. The Labute approximate surface area is 245 Å². The van der Waals surface area contributed by atoms with Crippen molar-refractivity contribution in [3.63, 3.8) is 0 Å². The van der Waals surface area contributed by atoms with Crippen molar-refractivity contribution in [3.05, 3.63) is 89.0 Å². The zero-order valence-corrected chi connectivity index (χ0v) is 25.1. The van der Waals surface area contributed by atoms with Crippen molar-refractivity contribution in [3.8, 4) is 17.2 Å². The Morgan fingerprint density at radius 3 is 2.20 bits per heavy atom. The van der Waals surface area contributed by atoms with Crippen LogP contribution in [0, 0.1) is 0 Å². The zero-order valence-electron chi connectivity index (χ0n) is 25.1. The van der Waals surface area contributed by atoms with E-state index in [-0.39, 0.29) is 24.1 Å². The van der Waals surface area contributed by atoms with Crippen molar-refractivity contribution in [2.75, 3.05) is 27.8 Å². The summed E-state index contributed by atoms with van der Waals surface area (Å²) in [4.78, 5) is 18.1. The molecule has 0 aromatic heterocycles. The highest BCUT2D eigenvalue weighted by atomic mass is 16.5. The highest BCUT2D eigenvalue weighted by Gasteiger charge is 2.44. The van der Waals surface area contributed by atoms with Gasteiger partial charge in [-0.05, 0) is 79.3 Å². The van der Waals surface area contributed by atoms with Gasteiger partial charge in [0, 0.05) is 43.6 Å². The van der Waals surface area contributed by atoms with Gasteiger partial charge in [-0.25, -0.2) is 0 Å². The number of benzene rings is 3. The van der Waals surface area contributed by atoms with Crippen LogP contribution < -0.4 is 14.2 Å². The molecule has 0 radical (unpaired) electrons. The van der Waals surface area contributed by atoms with Crippen LogP contribution in [0.3, 0.4) is 0 Å². The minimum Gasteiger partial charge on any atom is -0.493 e. The van der Waals surface area contributed by atoms with Crippen molar-refractivity contribution < 1.29 is 19.0 Å². The molecule has 3 aromatic rings. The lowest BCUT2D eigenvalue weighted by Gasteiger charge is -2.39. The van der Waals surface area contributed by atoms with E-state index in [1.54, 1.807) is 14.2 Å². The number of likely N-dealkylation sites (N-methyl/N-ethyl adjacent to an activating group) is 1. The number of para-hydroxylation sites is 1. The highest BCUT2D eigenvalue weighted by Crippen LogP contribution is 2.39. The van der Waals surface area contributed by atoms with Gasteiger partial charge in [0.2, 0.25) is 0 Å². The normalized spacial score (nSPS) is 20.0. The molecule has 2 aliphatic heterocycles. The smallest absolute Gasteiger partial charge is 0.254 e. The van der Waals surface area contributed by atoms with Gasteiger partial charge in [-0.2, -0.15) is 0 Å². The monoisotopic (exact) mass is 556 g/mol. The fourth-order valence-electron chi connectivity index (χ4n) is 6.45. The predicted octanol–water partition coefficient (Wildman–Crippen LogP) is 6.72. The number of hydrogen-bond donors (Lipinski definition) is 0. The van der Waals surface area contributed by atoms with Crippen LogP contribution in [0.2, 0.25) is 0 Å². The second kappa shape index (κ2) is 13.0. The van der Waals surface area contributed by atoms with Crippen LogP contribution in [-0.4, -0.2) is 61.7 Å². The molecule has 2 atom stereocenters. The number of methoxy groups -OCH3 is 2. The summed E-state index contributed by atoms with van der Waals surface area (Å²) < 4.78 is 17.3. The average Bonchev–Trinajstić information content (AvgIpc) is 3.25. The zero-order chi connectivity index (χ0) is 28.9. The molecule has 3 aromatic carbocycles. The second-order valence-electron chi connectivity index (χ2n) is 11.9. The lowest BCUT2D eigenvalue weighted by atomic mass is 9.97. The van der Waals surface area contributed by atoms with E-state index < -0.39 is 0 Å². The summed E-state index contributed by atoms with van der Waals surface area (Å²) in [5.41, 5.74) is 4.45. The number of piperidine rings is 1. The van der Waals surface area contributed by atoms with Crippen LogP contribution in [0.5, 0.6) is 17.2 Å². The van der Waals surface area contributed by atoms with Gasteiger partial charge < -0.3 is 24.0 Å². The van der Waals surface area contributed by atoms with Crippen LogP contribution in [0.25, 0.3) is 0 Å². The number of nitrogens with zero attached hydrogens (tertiary/aromatic N) is 2. The third-order valence-electron chi connectivity index (χ3n) is 8.64. The molecule has 2 heterocycles. The average molecular weight is 557 g/mol. The minimum absolute atomic E-state index is 0.159. The topological polar surface area (TPSA) is 51.2 Å². The van der Waals surface area contributed by atoms with Gasteiger partial charge in [0.1, 0.15) is 11.9 Å². The molecule has 2 aliphatic rings. The molecule has 1 amide bonds. The molecule has 2 fully saturated rings.